The van der Waals surface area contributed by atoms with Gasteiger partial charge in [-0.25, -0.2) is 0 Å². The molecule has 70 valence electrons. The third-order valence-corrected chi connectivity index (χ3v) is 2.19. The highest BCUT2D eigenvalue weighted by Crippen LogP contribution is 2.26. The van der Waals surface area contributed by atoms with Gasteiger partial charge in [0.15, 0.2) is 6.29 Å². The van der Waals surface area contributed by atoms with Gasteiger partial charge in [-0.2, -0.15) is 0 Å². The first-order chi connectivity index (χ1) is 6.25. The van der Waals surface area contributed by atoms with Crippen molar-refractivity contribution in [2.24, 2.45) is 0 Å². The minimum Gasteiger partial charge on any atom is -0.346 e. The first-order valence-electron chi connectivity index (χ1n) is 4.59. The van der Waals surface area contributed by atoms with E-state index < -0.39 is 0 Å². The number of aryl methyl sites for hydroxylation is 1. The van der Waals surface area contributed by atoms with Crippen LogP contribution in [0.4, 0.5) is 0 Å². The Morgan fingerprint density at radius 3 is 2.46 bits per heavy atom. The zero-order valence-electron chi connectivity index (χ0n) is 7.99. The summed E-state index contributed by atoms with van der Waals surface area (Å²) >= 11 is 0. The molecule has 0 bridgehead atoms. The average Bonchev–Trinajstić information content (AvgIpc) is 2.53. The molecule has 1 saturated heterocycles. The molecule has 0 spiro atoms. The van der Waals surface area contributed by atoms with E-state index in [4.69, 9.17) is 9.47 Å². The van der Waals surface area contributed by atoms with Crippen LogP contribution < -0.4 is 0 Å². The minimum atomic E-state index is -0.157. The van der Waals surface area contributed by atoms with E-state index in [1.807, 2.05) is 6.92 Å². The van der Waals surface area contributed by atoms with Crippen molar-refractivity contribution in [2.45, 2.75) is 26.2 Å². The highest BCUT2D eigenvalue weighted by atomic mass is 16.7. The second-order valence-electron chi connectivity index (χ2n) is 3.52. The van der Waals surface area contributed by atoms with Crippen LogP contribution in [-0.2, 0) is 9.47 Å². The van der Waals surface area contributed by atoms with Crippen molar-refractivity contribution < 1.29 is 9.47 Å². The Labute approximate surface area is 78.5 Å². The molecule has 1 aliphatic heterocycles. The zero-order chi connectivity index (χ0) is 9.26. The van der Waals surface area contributed by atoms with Gasteiger partial charge in [-0.3, -0.25) is 0 Å². The van der Waals surface area contributed by atoms with Crippen molar-refractivity contribution in [2.75, 3.05) is 6.61 Å². The first kappa shape index (κ1) is 8.73. The fourth-order valence-corrected chi connectivity index (χ4v) is 1.41. The molecule has 1 aliphatic rings. The summed E-state index contributed by atoms with van der Waals surface area (Å²) in [5.74, 6) is 0. The Morgan fingerprint density at radius 2 is 1.92 bits per heavy atom. The average molecular weight is 178 g/mol. The molecule has 0 N–H and O–H groups in total. The smallest absolute Gasteiger partial charge is 0.184 e. The molecule has 13 heavy (non-hydrogen) atoms. The number of ether oxygens (including phenoxy) is 2. The van der Waals surface area contributed by atoms with E-state index in [9.17, 15) is 0 Å². The molecule has 2 atom stereocenters. The van der Waals surface area contributed by atoms with Crippen LogP contribution >= 0.6 is 0 Å². The van der Waals surface area contributed by atoms with E-state index in [2.05, 4.69) is 31.2 Å². The largest absolute Gasteiger partial charge is 0.346 e. The van der Waals surface area contributed by atoms with Gasteiger partial charge in [-0.1, -0.05) is 29.8 Å². The summed E-state index contributed by atoms with van der Waals surface area (Å²) in [4.78, 5) is 0. The van der Waals surface area contributed by atoms with Gasteiger partial charge in [0.1, 0.15) is 0 Å². The van der Waals surface area contributed by atoms with Gasteiger partial charge in [0.2, 0.25) is 0 Å². The zero-order valence-corrected chi connectivity index (χ0v) is 7.99. The molecule has 2 heteroatoms. The lowest BCUT2D eigenvalue weighted by Gasteiger charge is -2.09. The summed E-state index contributed by atoms with van der Waals surface area (Å²) in [5, 5.41) is 0. The van der Waals surface area contributed by atoms with Crippen LogP contribution in [0.1, 0.15) is 24.3 Å². The Morgan fingerprint density at radius 1 is 1.23 bits per heavy atom. The SMILES string of the molecule is Cc1ccc([C@@H]2OC[C@@H](C)O2)cc1. The summed E-state index contributed by atoms with van der Waals surface area (Å²) in [6.45, 7) is 4.79. The Bertz CT molecular complexity index is 279. The Balaban J connectivity index is 2.13. The van der Waals surface area contributed by atoms with Gasteiger partial charge in [-0.05, 0) is 13.8 Å². The van der Waals surface area contributed by atoms with Gasteiger partial charge < -0.3 is 9.47 Å². The van der Waals surface area contributed by atoms with E-state index >= 15 is 0 Å². The molecule has 2 nitrogen and oxygen atoms in total. The normalized spacial score (nSPS) is 27.8. The maximum atomic E-state index is 5.56. The van der Waals surface area contributed by atoms with Crippen molar-refractivity contribution in [1.29, 1.82) is 0 Å². The van der Waals surface area contributed by atoms with Gasteiger partial charge >= 0.3 is 0 Å². The van der Waals surface area contributed by atoms with Gasteiger partial charge in [0.05, 0.1) is 12.7 Å². The molecule has 0 amide bonds. The molecule has 0 aliphatic carbocycles. The van der Waals surface area contributed by atoms with E-state index in [0.29, 0.717) is 6.61 Å². The third-order valence-electron chi connectivity index (χ3n) is 2.19. The van der Waals surface area contributed by atoms with Crippen LogP contribution in [0.3, 0.4) is 0 Å². The first-order valence-corrected chi connectivity index (χ1v) is 4.59. The van der Waals surface area contributed by atoms with Crippen LogP contribution in [0.5, 0.6) is 0 Å². The lowest BCUT2D eigenvalue weighted by Crippen LogP contribution is -2.02. The highest BCUT2D eigenvalue weighted by molar-refractivity contribution is 5.22. The van der Waals surface area contributed by atoms with Crippen molar-refractivity contribution in [1.82, 2.24) is 0 Å². The third kappa shape index (κ3) is 1.90. The van der Waals surface area contributed by atoms with Crippen LogP contribution in [-0.4, -0.2) is 12.7 Å². The molecule has 1 heterocycles. The number of benzene rings is 1. The van der Waals surface area contributed by atoms with Crippen LogP contribution in [0.2, 0.25) is 0 Å². The second kappa shape index (κ2) is 3.48. The van der Waals surface area contributed by atoms with Crippen LogP contribution in [0, 0.1) is 6.92 Å². The summed E-state index contributed by atoms with van der Waals surface area (Å²) in [6, 6.07) is 8.26. The second-order valence-corrected chi connectivity index (χ2v) is 3.52. The van der Waals surface area contributed by atoms with Gasteiger partial charge in [-0.15, -0.1) is 0 Å². The van der Waals surface area contributed by atoms with E-state index in [-0.39, 0.29) is 12.4 Å². The lowest BCUT2D eigenvalue weighted by atomic mass is 10.1. The molecular formula is C11H14O2. The Kier molecular flexibility index (Phi) is 2.34. The van der Waals surface area contributed by atoms with E-state index in [1.54, 1.807) is 0 Å². The van der Waals surface area contributed by atoms with Crippen LogP contribution in [0.15, 0.2) is 24.3 Å². The Hall–Kier alpha value is -0.860. The van der Waals surface area contributed by atoms with Crippen molar-refractivity contribution in [3.63, 3.8) is 0 Å². The molecule has 1 fully saturated rings. The molecule has 1 aromatic carbocycles. The lowest BCUT2D eigenvalue weighted by molar-refractivity contribution is -0.0572. The highest BCUT2D eigenvalue weighted by Gasteiger charge is 2.23. The fraction of sp³-hybridized carbons (Fsp3) is 0.455. The van der Waals surface area contributed by atoms with E-state index in [0.717, 1.165) is 5.56 Å². The van der Waals surface area contributed by atoms with Crippen molar-refractivity contribution in [3.8, 4) is 0 Å². The summed E-state index contributed by atoms with van der Waals surface area (Å²) in [5.41, 5.74) is 2.37. The maximum absolute atomic E-state index is 5.56. The number of rotatable bonds is 1. The summed E-state index contributed by atoms with van der Waals surface area (Å²) < 4.78 is 11.0. The standard InChI is InChI=1S/C11H14O2/c1-8-3-5-10(6-4-8)11-12-7-9(2)13-11/h3-6,9,11H,7H2,1-2H3/t9-,11-/m1/s1. The molecule has 0 radical (unpaired) electrons. The van der Waals surface area contributed by atoms with Crippen molar-refractivity contribution >= 4 is 0 Å². The molecule has 0 aromatic heterocycles. The summed E-state index contributed by atoms with van der Waals surface area (Å²) in [6.07, 6.45) is 0.0573. The van der Waals surface area contributed by atoms with Gasteiger partial charge in [0.25, 0.3) is 0 Å². The maximum Gasteiger partial charge on any atom is 0.184 e. The minimum absolute atomic E-state index is 0.157. The van der Waals surface area contributed by atoms with E-state index in [1.165, 1.54) is 5.56 Å². The predicted octanol–water partition coefficient (Wildman–Crippen LogP) is 2.43. The number of hydrogen-bond donors (Lipinski definition) is 0. The quantitative estimate of drug-likeness (QED) is 0.657. The topological polar surface area (TPSA) is 18.5 Å². The number of hydrogen-bond acceptors (Lipinski definition) is 2. The fourth-order valence-electron chi connectivity index (χ4n) is 1.41. The van der Waals surface area contributed by atoms with Crippen molar-refractivity contribution in [3.05, 3.63) is 35.4 Å². The predicted molar refractivity (Wildman–Crippen MR) is 50.4 cm³/mol. The molecule has 2 rings (SSSR count). The monoisotopic (exact) mass is 178 g/mol. The summed E-state index contributed by atoms with van der Waals surface area (Å²) in [7, 11) is 0. The molecule has 0 saturated carbocycles. The molecule has 1 aromatic rings. The molecular weight excluding hydrogens is 164 g/mol. The van der Waals surface area contributed by atoms with Crippen LogP contribution in [0.25, 0.3) is 0 Å². The molecule has 0 unspecified atom stereocenters. The van der Waals surface area contributed by atoms with Gasteiger partial charge in [0, 0.05) is 5.56 Å².